The second-order valence-electron chi connectivity index (χ2n) is 8.15. The van der Waals surface area contributed by atoms with E-state index in [4.69, 9.17) is 11.6 Å². The van der Waals surface area contributed by atoms with Crippen molar-refractivity contribution < 1.29 is 14.4 Å². The number of anilines is 1. The number of carbonyl (C=O) groups is 3. The van der Waals surface area contributed by atoms with Crippen molar-refractivity contribution in [2.45, 2.75) is 32.7 Å². The van der Waals surface area contributed by atoms with Gasteiger partial charge in [0, 0.05) is 44.7 Å². The van der Waals surface area contributed by atoms with Crippen molar-refractivity contribution in [3.8, 4) is 0 Å². The Morgan fingerprint density at radius 1 is 1.00 bits per heavy atom. The molecule has 0 saturated carbocycles. The van der Waals surface area contributed by atoms with E-state index >= 15 is 0 Å². The smallest absolute Gasteiger partial charge is 0.321 e. The normalized spacial score (nSPS) is 15.6. The summed E-state index contributed by atoms with van der Waals surface area (Å²) in [6.07, 6.45) is 0.255. The van der Waals surface area contributed by atoms with Gasteiger partial charge in [0.15, 0.2) is 0 Å². The highest BCUT2D eigenvalue weighted by Gasteiger charge is 2.21. The summed E-state index contributed by atoms with van der Waals surface area (Å²) in [7, 11) is 0. The molecule has 1 aromatic rings. The van der Waals surface area contributed by atoms with Crippen LogP contribution in [0, 0.1) is 0 Å². The van der Waals surface area contributed by atoms with Crippen LogP contribution < -0.4 is 16.0 Å². The Balaban J connectivity index is 1.65. The number of hydrogen-bond donors (Lipinski definition) is 3. The molecule has 1 fully saturated rings. The van der Waals surface area contributed by atoms with Gasteiger partial charge in [0.1, 0.15) is 0 Å². The standard InChI is InChI=1S/C20H30ClN5O3/c1-20(2,3)24-19(29)23-17(27)8-9-25-10-12-26(13-11-25)14-18(28)22-16-7-5-4-6-15(16)21/h4-7H,8-14H2,1-3H3,(H,22,28)(H2,23,24,27,29). The predicted molar refractivity (Wildman–Crippen MR) is 114 cm³/mol. The van der Waals surface area contributed by atoms with E-state index in [1.165, 1.54) is 0 Å². The predicted octanol–water partition coefficient (Wildman–Crippen LogP) is 1.91. The molecule has 1 heterocycles. The summed E-state index contributed by atoms with van der Waals surface area (Å²) in [6.45, 7) is 9.44. The molecule has 3 N–H and O–H groups in total. The molecule has 1 saturated heterocycles. The quantitative estimate of drug-likeness (QED) is 0.649. The third kappa shape index (κ3) is 8.81. The lowest BCUT2D eigenvalue weighted by Crippen LogP contribution is -2.50. The zero-order chi connectivity index (χ0) is 21.4. The Bertz CT molecular complexity index is 727. The number of urea groups is 1. The summed E-state index contributed by atoms with van der Waals surface area (Å²) in [6, 6.07) is 6.67. The van der Waals surface area contributed by atoms with Crippen LogP contribution in [0.2, 0.25) is 5.02 Å². The Labute approximate surface area is 176 Å². The fourth-order valence-corrected chi connectivity index (χ4v) is 3.13. The summed E-state index contributed by atoms with van der Waals surface area (Å²) in [5.74, 6) is -0.399. The molecule has 0 aromatic heterocycles. The molecule has 0 spiro atoms. The zero-order valence-electron chi connectivity index (χ0n) is 17.3. The summed E-state index contributed by atoms with van der Waals surface area (Å²) >= 11 is 6.06. The summed E-state index contributed by atoms with van der Waals surface area (Å²) in [4.78, 5) is 40.1. The average Bonchev–Trinajstić information content (AvgIpc) is 2.61. The minimum Gasteiger partial charge on any atom is -0.333 e. The van der Waals surface area contributed by atoms with E-state index in [-0.39, 0.29) is 18.2 Å². The molecule has 0 atom stereocenters. The van der Waals surface area contributed by atoms with Gasteiger partial charge in [-0.15, -0.1) is 0 Å². The lowest BCUT2D eigenvalue weighted by molar-refractivity contribution is -0.120. The van der Waals surface area contributed by atoms with Gasteiger partial charge >= 0.3 is 6.03 Å². The van der Waals surface area contributed by atoms with Crippen LogP contribution in [-0.2, 0) is 9.59 Å². The Kier molecular flexibility index (Phi) is 8.43. The molecule has 2 rings (SSSR count). The van der Waals surface area contributed by atoms with Crippen molar-refractivity contribution in [1.82, 2.24) is 20.4 Å². The molecule has 160 valence electrons. The molecule has 0 bridgehead atoms. The second kappa shape index (κ2) is 10.6. The molecule has 29 heavy (non-hydrogen) atoms. The van der Waals surface area contributed by atoms with Crippen molar-refractivity contribution in [1.29, 1.82) is 0 Å². The first kappa shape index (κ1) is 23.1. The molecule has 1 aliphatic heterocycles. The first-order valence-electron chi connectivity index (χ1n) is 9.73. The second-order valence-corrected chi connectivity index (χ2v) is 8.56. The molecule has 4 amide bonds. The van der Waals surface area contributed by atoms with Gasteiger partial charge < -0.3 is 15.5 Å². The van der Waals surface area contributed by atoms with Crippen molar-refractivity contribution in [2.75, 3.05) is 44.6 Å². The molecule has 1 aliphatic rings. The van der Waals surface area contributed by atoms with E-state index < -0.39 is 11.6 Å². The van der Waals surface area contributed by atoms with Crippen molar-refractivity contribution in [3.05, 3.63) is 29.3 Å². The Morgan fingerprint density at radius 2 is 1.62 bits per heavy atom. The highest BCUT2D eigenvalue weighted by Crippen LogP contribution is 2.20. The van der Waals surface area contributed by atoms with Crippen LogP contribution in [-0.4, -0.2) is 72.5 Å². The SMILES string of the molecule is CC(C)(C)NC(=O)NC(=O)CCN1CCN(CC(=O)Nc2ccccc2Cl)CC1. The van der Waals surface area contributed by atoms with Crippen molar-refractivity contribution in [3.63, 3.8) is 0 Å². The summed E-state index contributed by atoms with van der Waals surface area (Å²) in [5, 5.41) is 8.38. The van der Waals surface area contributed by atoms with Crippen LogP contribution in [0.1, 0.15) is 27.2 Å². The third-order valence-electron chi connectivity index (χ3n) is 4.38. The molecular formula is C20H30ClN5O3. The maximum atomic E-state index is 12.2. The van der Waals surface area contributed by atoms with Crippen LogP contribution in [0.4, 0.5) is 10.5 Å². The highest BCUT2D eigenvalue weighted by molar-refractivity contribution is 6.33. The first-order chi connectivity index (χ1) is 13.6. The number of nitrogens with zero attached hydrogens (tertiary/aromatic N) is 2. The number of piperazine rings is 1. The Hall–Kier alpha value is -2.16. The van der Waals surface area contributed by atoms with Crippen LogP contribution >= 0.6 is 11.6 Å². The molecule has 1 aromatic carbocycles. The number of rotatable bonds is 6. The van der Waals surface area contributed by atoms with Crippen molar-refractivity contribution in [2.24, 2.45) is 0 Å². The van der Waals surface area contributed by atoms with Gasteiger partial charge in [-0.05, 0) is 32.9 Å². The number of imide groups is 1. The van der Waals surface area contributed by atoms with Gasteiger partial charge in [0.25, 0.3) is 0 Å². The number of para-hydroxylation sites is 1. The van der Waals surface area contributed by atoms with Crippen LogP contribution in [0.25, 0.3) is 0 Å². The number of nitrogens with one attached hydrogen (secondary N) is 3. The molecular weight excluding hydrogens is 394 g/mol. The van der Waals surface area contributed by atoms with E-state index in [0.29, 0.717) is 23.8 Å². The molecule has 9 heteroatoms. The fourth-order valence-electron chi connectivity index (χ4n) is 2.95. The van der Waals surface area contributed by atoms with Crippen LogP contribution in [0.3, 0.4) is 0 Å². The largest absolute Gasteiger partial charge is 0.333 e. The maximum Gasteiger partial charge on any atom is 0.321 e. The summed E-state index contributed by atoms with van der Waals surface area (Å²) < 4.78 is 0. The number of benzene rings is 1. The van der Waals surface area contributed by atoms with Gasteiger partial charge in [0.05, 0.1) is 17.3 Å². The van der Waals surface area contributed by atoms with E-state index in [2.05, 4.69) is 25.8 Å². The maximum absolute atomic E-state index is 12.2. The molecule has 0 unspecified atom stereocenters. The topological polar surface area (TPSA) is 93.8 Å². The molecule has 0 radical (unpaired) electrons. The zero-order valence-corrected chi connectivity index (χ0v) is 18.0. The van der Waals surface area contributed by atoms with Gasteiger partial charge in [-0.2, -0.15) is 0 Å². The minimum absolute atomic E-state index is 0.101. The molecule has 8 nitrogen and oxygen atoms in total. The van der Waals surface area contributed by atoms with E-state index in [1.54, 1.807) is 12.1 Å². The lowest BCUT2D eigenvalue weighted by Gasteiger charge is -2.34. The number of amides is 4. The fraction of sp³-hybridized carbons (Fsp3) is 0.550. The van der Waals surface area contributed by atoms with Gasteiger partial charge in [-0.3, -0.25) is 19.8 Å². The molecule has 0 aliphatic carbocycles. The van der Waals surface area contributed by atoms with Crippen LogP contribution in [0.15, 0.2) is 24.3 Å². The lowest BCUT2D eigenvalue weighted by atomic mass is 10.1. The Morgan fingerprint density at radius 3 is 2.24 bits per heavy atom. The monoisotopic (exact) mass is 423 g/mol. The minimum atomic E-state index is -0.475. The number of halogens is 1. The average molecular weight is 424 g/mol. The summed E-state index contributed by atoms with van der Waals surface area (Å²) in [5.41, 5.74) is 0.220. The first-order valence-corrected chi connectivity index (χ1v) is 10.1. The van der Waals surface area contributed by atoms with Crippen molar-refractivity contribution >= 4 is 35.1 Å². The highest BCUT2D eigenvalue weighted by atomic mass is 35.5. The van der Waals surface area contributed by atoms with Gasteiger partial charge in [-0.1, -0.05) is 23.7 Å². The third-order valence-corrected chi connectivity index (χ3v) is 4.71. The van der Waals surface area contributed by atoms with E-state index in [0.717, 1.165) is 26.2 Å². The van der Waals surface area contributed by atoms with Gasteiger partial charge in [-0.25, -0.2) is 4.79 Å². The van der Waals surface area contributed by atoms with E-state index in [9.17, 15) is 14.4 Å². The number of hydrogen-bond acceptors (Lipinski definition) is 5. The van der Waals surface area contributed by atoms with E-state index in [1.807, 2.05) is 32.9 Å². The number of carbonyl (C=O) groups excluding carboxylic acids is 3. The van der Waals surface area contributed by atoms with Gasteiger partial charge in [0.2, 0.25) is 11.8 Å². The van der Waals surface area contributed by atoms with Crippen LogP contribution in [0.5, 0.6) is 0 Å².